The van der Waals surface area contributed by atoms with Crippen molar-refractivity contribution in [2.75, 3.05) is 13.7 Å². The number of aromatic nitrogens is 3. The van der Waals surface area contributed by atoms with Crippen LogP contribution in [0.4, 0.5) is 0 Å². The van der Waals surface area contributed by atoms with Gasteiger partial charge in [0.15, 0.2) is 0 Å². The fraction of sp³-hybridized carbons (Fsp3) is 0.188. The van der Waals surface area contributed by atoms with Gasteiger partial charge in [-0.2, -0.15) is 5.10 Å². The molecule has 2 aromatic heterocycles. The molecule has 0 atom stereocenters. The highest BCUT2D eigenvalue weighted by molar-refractivity contribution is 6.00. The quantitative estimate of drug-likeness (QED) is 0.774. The zero-order valence-corrected chi connectivity index (χ0v) is 12.4. The van der Waals surface area contributed by atoms with Crippen LogP contribution in [0.2, 0.25) is 0 Å². The van der Waals surface area contributed by atoms with Crippen molar-refractivity contribution in [1.29, 1.82) is 0 Å². The Hall–Kier alpha value is -2.89. The highest BCUT2D eigenvalue weighted by Gasteiger charge is 2.12. The number of aromatic amines is 1. The second-order valence-electron chi connectivity index (χ2n) is 4.76. The Morgan fingerprint density at radius 2 is 2.18 bits per heavy atom. The van der Waals surface area contributed by atoms with Crippen LogP contribution in [0.1, 0.15) is 17.3 Å². The molecule has 0 aliphatic heterocycles. The fourth-order valence-corrected chi connectivity index (χ4v) is 2.28. The van der Waals surface area contributed by atoms with Gasteiger partial charge in [0.25, 0.3) is 5.91 Å². The summed E-state index contributed by atoms with van der Waals surface area (Å²) in [4.78, 5) is 16.3. The van der Waals surface area contributed by atoms with E-state index in [2.05, 4.69) is 20.5 Å². The van der Waals surface area contributed by atoms with Crippen molar-refractivity contribution >= 4 is 16.8 Å². The van der Waals surface area contributed by atoms with Gasteiger partial charge in [0, 0.05) is 23.6 Å². The summed E-state index contributed by atoms with van der Waals surface area (Å²) in [5.74, 6) is 0.438. The van der Waals surface area contributed by atoms with Gasteiger partial charge in [0.2, 0.25) is 5.88 Å². The van der Waals surface area contributed by atoms with E-state index in [4.69, 9.17) is 4.74 Å². The van der Waals surface area contributed by atoms with Crippen LogP contribution in [0.5, 0.6) is 5.88 Å². The Balaban J connectivity index is 2.03. The second-order valence-corrected chi connectivity index (χ2v) is 4.76. The number of benzene rings is 1. The smallest absolute Gasteiger partial charge is 0.251 e. The molecule has 22 heavy (non-hydrogen) atoms. The van der Waals surface area contributed by atoms with Crippen LogP contribution in [-0.4, -0.2) is 34.7 Å². The first kappa shape index (κ1) is 14.1. The first-order chi connectivity index (χ1) is 10.7. The lowest BCUT2D eigenvalue weighted by Gasteiger charge is -2.03. The summed E-state index contributed by atoms with van der Waals surface area (Å²) >= 11 is 0. The number of nitrogens with one attached hydrogen (secondary N) is 2. The number of carbonyl (C=O) groups excluding carboxylic acids is 1. The van der Waals surface area contributed by atoms with Crippen molar-refractivity contribution in [1.82, 2.24) is 20.5 Å². The number of H-pyrrole nitrogens is 1. The molecule has 1 amide bonds. The maximum Gasteiger partial charge on any atom is 0.251 e. The maximum atomic E-state index is 11.9. The van der Waals surface area contributed by atoms with E-state index < -0.39 is 0 Å². The Bertz CT molecular complexity index is 826. The highest BCUT2D eigenvalue weighted by atomic mass is 16.5. The molecule has 6 heteroatoms. The van der Waals surface area contributed by atoms with Gasteiger partial charge >= 0.3 is 0 Å². The van der Waals surface area contributed by atoms with Crippen LogP contribution >= 0.6 is 0 Å². The number of hydrogen-bond acceptors (Lipinski definition) is 4. The van der Waals surface area contributed by atoms with Gasteiger partial charge in [0.05, 0.1) is 18.3 Å². The largest absolute Gasteiger partial charge is 0.481 e. The molecule has 0 unspecified atom stereocenters. The Labute approximate surface area is 127 Å². The number of rotatable bonds is 4. The molecular weight excluding hydrogens is 280 g/mol. The first-order valence-electron chi connectivity index (χ1n) is 7.00. The SMILES string of the molecule is CCNC(=O)c1ccc2c(-c3cccc(OC)n3)n[nH]c2c1. The molecule has 0 spiro atoms. The average molecular weight is 296 g/mol. The van der Waals surface area contributed by atoms with Crippen molar-refractivity contribution in [2.45, 2.75) is 6.92 Å². The average Bonchev–Trinajstić information content (AvgIpc) is 2.98. The van der Waals surface area contributed by atoms with Gasteiger partial charge in [-0.1, -0.05) is 6.07 Å². The van der Waals surface area contributed by atoms with Gasteiger partial charge < -0.3 is 10.1 Å². The van der Waals surface area contributed by atoms with E-state index in [1.165, 1.54) is 0 Å². The van der Waals surface area contributed by atoms with Crippen molar-refractivity contribution in [3.63, 3.8) is 0 Å². The molecule has 3 rings (SSSR count). The number of pyridine rings is 1. The first-order valence-corrected chi connectivity index (χ1v) is 7.00. The molecule has 6 nitrogen and oxygen atoms in total. The summed E-state index contributed by atoms with van der Waals surface area (Å²) in [7, 11) is 1.58. The highest BCUT2D eigenvalue weighted by Crippen LogP contribution is 2.26. The van der Waals surface area contributed by atoms with Gasteiger partial charge in [-0.05, 0) is 31.2 Å². The monoisotopic (exact) mass is 296 g/mol. The molecule has 2 N–H and O–H groups in total. The lowest BCUT2D eigenvalue weighted by Crippen LogP contribution is -2.22. The van der Waals surface area contributed by atoms with Gasteiger partial charge in [0.1, 0.15) is 5.69 Å². The normalized spacial score (nSPS) is 10.6. The summed E-state index contributed by atoms with van der Waals surface area (Å²) in [6.07, 6.45) is 0. The van der Waals surface area contributed by atoms with E-state index in [0.29, 0.717) is 18.0 Å². The molecule has 1 aromatic carbocycles. The minimum Gasteiger partial charge on any atom is -0.481 e. The zero-order valence-electron chi connectivity index (χ0n) is 12.4. The molecule has 0 fully saturated rings. The third-order valence-corrected chi connectivity index (χ3v) is 3.34. The fourth-order valence-electron chi connectivity index (χ4n) is 2.28. The topological polar surface area (TPSA) is 79.9 Å². The lowest BCUT2D eigenvalue weighted by atomic mass is 10.1. The van der Waals surface area contributed by atoms with Crippen molar-refractivity contribution in [3.8, 4) is 17.3 Å². The molecule has 0 bridgehead atoms. The van der Waals surface area contributed by atoms with E-state index >= 15 is 0 Å². The van der Waals surface area contributed by atoms with Crippen LogP contribution in [0.3, 0.4) is 0 Å². The molecule has 0 saturated heterocycles. The van der Waals surface area contributed by atoms with Gasteiger partial charge in [-0.25, -0.2) is 4.98 Å². The molecule has 112 valence electrons. The summed E-state index contributed by atoms with van der Waals surface area (Å²) in [5.41, 5.74) is 2.85. The predicted molar refractivity (Wildman–Crippen MR) is 83.9 cm³/mol. The van der Waals surface area contributed by atoms with Gasteiger partial charge in [-0.3, -0.25) is 9.89 Å². The van der Waals surface area contributed by atoms with E-state index in [0.717, 1.165) is 22.3 Å². The number of ether oxygens (including phenoxy) is 1. The van der Waals surface area contributed by atoms with Crippen molar-refractivity contribution in [3.05, 3.63) is 42.0 Å². The minimum absolute atomic E-state index is 0.0972. The number of nitrogens with zero attached hydrogens (tertiary/aromatic N) is 2. The minimum atomic E-state index is -0.0972. The Morgan fingerprint density at radius 3 is 2.95 bits per heavy atom. The Kier molecular flexibility index (Phi) is 3.74. The standard InChI is InChI=1S/C16H16N4O2/c1-3-17-16(21)10-7-8-11-13(9-10)19-20-15(11)12-5-4-6-14(18-12)22-2/h4-9H,3H2,1-2H3,(H,17,21)(H,19,20). The van der Waals surface area contributed by atoms with E-state index in [9.17, 15) is 4.79 Å². The van der Waals surface area contributed by atoms with E-state index in [1.54, 1.807) is 25.3 Å². The molecule has 0 saturated carbocycles. The molecular formula is C16H16N4O2. The van der Waals surface area contributed by atoms with Crippen LogP contribution in [0.15, 0.2) is 36.4 Å². The third-order valence-electron chi connectivity index (χ3n) is 3.34. The zero-order chi connectivity index (χ0) is 15.5. The van der Waals surface area contributed by atoms with Crippen molar-refractivity contribution < 1.29 is 9.53 Å². The maximum absolute atomic E-state index is 11.9. The van der Waals surface area contributed by atoms with Gasteiger partial charge in [-0.15, -0.1) is 0 Å². The number of carbonyl (C=O) groups is 1. The third kappa shape index (κ3) is 2.50. The second kappa shape index (κ2) is 5.85. The number of hydrogen-bond donors (Lipinski definition) is 2. The van der Waals surface area contributed by atoms with Crippen LogP contribution in [0.25, 0.3) is 22.3 Å². The van der Waals surface area contributed by atoms with Crippen LogP contribution in [0, 0.1) is 0 Å². The molecule has 3 aromatic rings. The van der Waals surface area contributed by atoms with Crippen molar-refractivity contribution in [2.24, 2.45) is 0 Å². The summed E-state index contributed by atoms with van der Waals surface area (Å²) < 4.78 is 5.14. The number of fused-ring (bicyclic) bond motifs is 1. The van der Waals surface area contributed by atoms with E-state index in [-0.39, 0.29) is 5.91 Å². The molecule has 0 aliphatic carbocycles. The molecule has 0 aliphatic rings. The lowest BCUT2D eigenvalue weighted by molar-refractivity contribution is 0.0956. The summed E-state index contributed by atoms with van der Waals surface area (Å²) in [6, 6.07) is 11.0. The molecule has 0 radical (unpaired) electrons. The van der Waals surface area contributed by atoms with Crippen LogP contribution in [-0.2, 0) is 0 Å². The Morgan fingerprint density at radius 1 is 1.32 bits per heavy atom. The van der Waals surface area contributed by atoms with Crippen LogP contribution < -0.4 is 10.1 Å². The van der Waals surface area contributed by atoms with E-state index in [1.807, 2.05) is 25.1 Å². The predicted octanol–water partition coefficient (Wildman–Crippen LogP) is 2.38. The molecule has 2 heterocycles. The number of amides is 1. The summed E-state index contributed by atoms with van der Waals surface area (Å²) in [5, 5.41) is 11.0. The summed E-state index contributed by atoms with van der Waals surface area (Å²) in [6.45, 7) is 2.48. The number of methoxy groups -OCH3 is 1.